The molecule has 8 heteroatoms. The predicted molar refractivity (Wildman–Crippen MR) is 95.6 cm³/mol. The van der Waals surface area contributed by atoms with E-state index in [0.29, 0.717) is 37.1 Å². The molecule has 3 rings (SSSR count). The molecular weight excluding hydrogens is 336 g/mol. The molecule has 0 spiro atoms. The molecule has 2 aromatic heterocycles. The van der Waals surface area contributed by atoms with Gasteiger partial charge in [-0.05, 0) is 40.5 Å². The number of likely N-dealkylation sites (tertiary alicyclic amines) is 1. The number of hydrogen-bond acceptors (Lipinski definition) is 5. The summed E-state index contributed by atoms with van der Waals surface area (Å²) >= 11 is 0. The molecule has 1 saturated heterocycles. The highest BCUT2D eigenvalue weighted by Gasteiger charge is 2.29. The van der Waals surface area contributed by atoms with Crippen molar-refractivity contribution in [1.82, 2.24) is 19.5 Å². The summed E-state index contributed by atoms with van der Waals surface area (Å²) in [5.41, 5.74) is 0.806. The SMILES string of the molecule is CC(=O)c1cnn2c(C3CCN(C(=O)OC(C)(C)C)CC3)cc(=O)[nH]c12. The van der Waals surface area contributed by atoms with Crippen LogP contribution >= 0.6 is 0 Å². The lowest BCUT2D eigenvalue weighted by atomic mass is 9.93. The van der Waals surface area contributed by atoms with E-state index < -0.39 is 5.60 Å². The molecule has 3 heterocycles. The maximum Gasteiger partial charge on any atom is 0.410 e. The van der Waals surface area contributed by atoms with Crippen LogP contribution in [0.25, 0.3) is 5.65 Å². The molecule has 0 atom stereocenters. The monoisotopic (exact) mass is 360 g/mol. The van der Waals surface area contributed by atoms with Crippen molar-refractivity contribution in [2.24, 2.45) is 0 Å². The van der Waals surface area contributed by atoms with Gasteiger partial charge in [0.15, 0.2) is 5.78 Å². The summed E-state index contributed by atoms with van der Waals surface area (Å²) in [6.07, 6.45) is 2.57. The Bertz CT molecular complexity index is 898. The van der Waals surface area contributed by atoms with Crippen LogP contribution in [0, 0.1) is 0 Å². The molecule has 1 N–H and O–H groups in total. The Balaban J connectivity index is 1.81. The number of amides is 1. The lowest BCUT2D eigenvalue weighted by Gasteiger charge is -2.33. The van der Waals surface area contributed by atoms with Gasteiger partial charge in [-0.3, -0.25) is 9.59 Å². The van der Waals surface area contributed by atoms with Crippen molar-refractivity contribution in [3.63, 3.8) is 0 Å². The third-order valence-electron chi connectivity index (χ3n) is 4.48. The number of piperidine rings is 1. The smallest absolute Gasteiger partial charge is 0.410 e. The van der Waals surface area contributed by atoms with Crippen LogP contribution in [0.3, 0.4) is 0 Å². The van der Waals surface area contributed by atoms with Crippen molar-refractivity contribution in [1.29, 1.82) is 0 Å². The number of hydrogen-bond donors (Lipinski definition) is 1. The minimum atomic E-state index is -0.523. The van der Waals surface area contributed by atoms with Gasteiger partial charge in [0.25, 0.3) is 5.56 Å². The molecule has 0 unspecified atom stereocenters. The van der Waals surface area contributed by atoms with E-state index in [4.69, 9.17) is 4.74 Å². The van der Waals surface area contributed by atoms with Gasteiger partial charge in [0.05, 0.1) is 17.5 Å². The number of aromatic amines is 1. The molecule has 140 valence electrons. The van der Waals surface area contributed by atoms with Crippen LogP contribution in [0.15, 0.2) is 17.1 Å². The van der Waals surface area contributed by atoms with Crippen molar-refractivity contribution in [2.75, 3.05) is 13.1 Å². The molecule has 0 bridgehead atoms. The Morgan fingerprint density at radius 1 is 1.27 bits per heavy atom. The first kappa shape index (κ1) is 18.2. The number of carbonyl (C=O) groups excluding carboxylic acids is 2. The number of H-pyrrole nitrogens is 1. The number of ether oxygens (including phenoxy) is 1. The third kappa shape index (κ3) is 3.63. The largest absolute Gasteiger partial charge is 0.444 e. The fourth-order valence-electron chi connectivity index (χ4n) is 3.25. The summed E-state index contributed by atoms with van der Waals surface area (Å²) in [5, 5.41) is 4.28. The number of ketones is 1. The van der Waals surface area contributed by atoms with Crippen LogP contribution in [-0.4, -0.2) is 50.1 Å². The lowest BCUT2D eigenvalue weighted by molar-refractivity contribution is 0.0203. The molecule has 0 aliphatic carbocycles. The zero-order valence-electron chi connectivity index (χ0n) is 15.5. The highest BCUT2D eigenvalue weighted by Crippen LogP contribution is 2.28. The highest BCUT2D eigenvalue weighted by atomic mass is 16.6. The van der Waals surface area contributed by atoms with E-state index in [9.17, 15) is 14.4 Å². The molecule has 0 radical (unpaired) electrons. The lowest BCUT2D eigenvalue weighted by Crippen LogP contribution is -2.41. The third-order valence-corrected chi connectivity index (χ3v) is 4.48. The number of aromatic nitrogens is 3. The second-order valence-corrected chi connectivity index (χ2v) is 7.67. The molecule has 0 aromatic carbocycles. The zero-order chi connectivity index (χ0) is 19.1. The second-order valence-electron chi connectivity index (χ2n) is 7.67. The molecule has 1 aliphatic rings. The Morgan fingerprint density at radius 3 is 2.50 bits per heavy atom. The number of Topliss-reactive ketones (excluding diaryl/α,β-unsaturated/α-hetero) is 1. The summed E-state index contributed by atoms with van der Waals surface area (Å²) in [4.78, 5) is 40.4. The first-order valence-electron chi connectivity index (χ1n) is 8.75. The first-order chi connectivity index (χ1) is 12.2. The van der Waals surface area contributed by atoms with Gasteiger partial charge in [-0.1, -0.05) is 0 Å². The maximum atomic E-state index is 12.2. The number of rotatable bonds is 2. The molecular formula is C18H24N4O4. The van der Waals surface area contributed by atoms with E-state index in [1.54, 1.807) is 9.42 Å². The average Bonchev–Trinajstić information content (AvgIpc) is 2.96. The Kier molecular flexibility index (Phi) is 4.60. The molecule has 1 amide bonds. The normalized spacial score (nSPS) is 16.1. The van der Waals surface area contributed by atoms with Gasteiger partial charge in [0.1, 0.15) is 11.2 Å². The first-order valence-corrected chi connectivity index (χ1v) is 8.75. The van der Waals surface area contributed by atoms with Crippen LogP contribution in [0.5, 0.6) is 0 Å². The fraction of sp³-hybridized carbons (Fsp3) is 0.556. The number of fused-ring (bicyclic) bond motifs is 1. The van der Waals surface area contributed by atoms with Crippen molar-refractivity contribution in [3.05, 3.63) is 33.9 Å². The standard InChI is InChI=1S/C18H24N4O4/c1-11(23)13-10-19-22-14(9-15(24)20-16(13)22)12-5-7-21(8-6-12)17(25)26-18(2,3)4/h9-10,12H,5-8H2,1-4H3,(H,20,24). The number of nitrogens with zero attached hydrogens (tertiary/aromatic N) is 3. The van der Waals surface area contributed by atoms with Gasteiger partial charge in [-0.25, -0.2) is 9.31 Å². The van der Waals surface area contributed by atoms with Crippen molar-refractivity contribution >= 4 is 17.5 Å². The van der Waals surface area contributed by atoms with Crippen molar-refractivity contribution in [2.45, 2.75) is 52.1 Å². The summed E-state index contributed by atoms with van der Waals surface area (Å²) in [5.74, 6) is -0.0641. The van der Waals surface area contributed by atoms with Gasteiger partial charge >= 0.3 is 6.09 Å². The van der Waals surface area contributed by atoms with Gasteiger partial charge in [-0.15, -0.1) is 0 Å². The van der Waals surface area contributed by atoms with E-state index in [0.717, 1.165) is 5.69 Å². The Labute approximate surface area is 151 Å². The maximum absolute atomic E-state index is 12.2. The van der Waals surface area contributed by atoms with Crippen LogP contribution in [0.2, 0.25) is 0 Å². The summed E-state index contributed by atoms with van der Waals surface area (Å²) in [7, 11) is 0. The van der Waals surface area contributed by atoms with E-state index in [1.165, 1.54) is 19.2 Å². The van der Waals surface area contributed by atoms with E-state index in [1.807, 2.05) is 20.8 Å². The summed E-state index contributed by atoms with van der Waals surface area (Å²) in [6, 6.07) is 1.53. The second kappa shape index (κ2) is 6.59. The topological polar surface area (TPSA) is 96.8 Å². The average molecular weight is 360 g/mol. The number of carbonyl (C=O) groups is 2. The van der Waals surface area contributed by atoms with Gasteiger partial charge in [0.2, 0.25) is 0 Å². The van der Waals surface area contributed by atoms with Crippen LogP contribution in [0.1, 0.15) is 62.5 Å². The molecule has 2 aromatic rings. The minimum Gasteiger partial charge on any atom is -0.444 e. The predicted octanol–water partition coefficient (Wildman–Crippen LogP) is 2.34. The molecule has 26 heavy (non-hydrogen) atoms. The molecule has 1 fully saturated rings. The van der Waals surface area contributed by atoms with Crippen molar-refractivity contribution < 1.29 is 14.3 Å². The summed E-state index contributed by atoms with van der Waals surface area (Å²) < 4.78 is 7.05. The molecule has 0 saturated carbocycles. The zero-order valence-corrected chi connectivity index (χ0v) is 15.5. The van der Waals surface area contributed by atoms with Crippen LogP contribution in [0.4, 0.5) is 4.79 Å². The highest BCUT2D eigenvalue weighted by molar-refractivity contribution is 5.99. The molecule has 8 nitrogen and oxygen atoms in total. The quantitative estimate of drug-likeness (QED) is 0.829. The Morgan fingerprint density at radius 2 is 1.92 bits per heavy atom. The number of nitrogens with one attached hydrogen (secondary N) is 1. The van der Waals surface area contributed by atoms with Crippen LogP contribution < -0.4 is 5.56 Å². The van der Waals surface area contributed by atoms with E-state index >= 15 is 0 Å². The van der Waals surface area contributed by atoms with E-state index in [2.05, 4.69) is 10.1 Å². The van der Waals surface area contributed by atoms with E-state index in [-0.39, 0.29) is 23.4 Å². The van der Waals surface area contributed by atoms with Gasteiger partial charge in [-0.2, -0.15) is 5.10 Å². The fourth-order valence-corrected chi connectivity index (χ4v) is 3.25. The summed E-state index contributed by atoms with van der Waals surface area (Å²) in [6.45, 7) is 8.07. The minimum absolute atomic E-state index is 0.0817. The van der Waals surface area contributed by atoms with Gasteiger partial charge in [0, 0.05) is 25.1 Å². The Hall–Kier alpha value is -2.64. The van der Waals surface area contributed by atoms with Crippen LogP contribution in [-0.2, 0) is 4.74 Å². The van der Waals surface area contributed by atoms with Crippen molar-refractivity contribution in [3.8, 4) is 0 Å². The van der Waals surface area contributed by atoms with Gasteiger partial charge < -0.3 is 14.6 Å². The molecule has 1 aliphatic heterocycles.